The van der Waals surface area contributed by atoms with E-state index >= 15 is 0 Å². The molecule has 7 N–H and O–H groups in total. The number of hydrogen-bond donors (Lipinski definition) is 7. The van der Waals surface area contributed by atoms with E-state index in [9.17, 15) is 40.5 Å². The largest absolute Gasteiger partial charge is 0.507 e. The smallest absolute Gasteiger partial charge is 0.239 e. The molecule has 0 radical (unpaired) electrons. The van der Waals surface area contributed by atoms with Crippen LogP contribution < -0.4 is 14.9 Å². The van der Waals surface area contributed by atoms with Crippen LogP contribution in [0.2, 0.25) is 0 Å². The summed E-state index contributed by atoms with van der Waals surface area (Å²) in [6.07, 6.45) is -15.4. The van der Waals surface area contributed by atoms with E-state index < -0.39 is 84.9 Å². The van der Waals surface area contributed by atoms with Crippen LogP contribution in [0.25, 0.3) is 22.3 Å². The van der Waals surface area contributed by atoms with Gasteiger partial charge in [0, 0.05) is 17.7 Å². The van der Waals surface area contributed by atoms with Crippen LogP contribution in [0.4, 0.5) is 0 Å². The van der Waals surface area contributed by atoms with Crippen molar-refractivity contribution in [1.82, 2.24) is 0 Å². The molecule has 0 unspecified atom stereocenters. The van der Waals surface area contributed by atoms with Gasteiger partial charge in [-0.1, -0.05) is 30.3 Å². The van der Waals surface area contributed by atoms with E-state index in [1.807, 2.05) is 0 Å². The molecule has 5 rings (SSSR count). The third-order valence-corrected chi connectivity index (χ3v) is 7.31. The first-order chi connectivity index (χ1) is 20.0. The van der Waals surface area contributed by atoms with Crippen molar-refractivity contribution in [3.05, 3.63) is 52.7 Å². The molecule has 0 amide bonds. The van der Waals surface area contributed by atoms with Gasteiger partial charge in [-0.15, -0.1) is 0 Å². The Morgan fingerprint density at radius 1 is 0.833 bits per heavy atom. The summed E-state index contributed by atoms with van der Waals surface area (Å²) in [6.45, 7) is 0.930. The molecule has 0 aliphatic carbocycles. The van der Waals surface area contributed by atoms with Gasteiger partial charge in [0.1, 0.15) is 65.2 Å². The molecule has 0 spiro atoms. The summed E-state index contributed by atoms with van der Waals surface area (Å²) in [5.74, 6) is -0.768. The van der Waals surface area contributed by atoms with Crippen molar-refractivity contribution in [1.29, 1.82) is 0 Å². The molecule has 3 heterocycles. The Balaban J connectivity index is 1.46. The Kier molecular flexibility index (Phi) is 8.71. The van der Waals surface area contributed by atoms with E-state index in [-0.39, 0.29) is 22.5 Å². The summed E-state index contributed by atoms with van der Waals surface area (Å²) in [7, 11) is 1.38. The number of aliphatic hydroxyl groups excluding tert-OH is 6. The summed E-state index contributed by atoms with van der Waals surface area (Å²) < 4.78 is 33.5. The Labute approximate surface area is 238 Å². The minimum Gasteiger partial charge on any atom is -0.507 e. The molecule has 2 aromatic carbocycles. The van der Waals surface area contributed by atoms with E-state index in [4.69, 9.17) is 28.1 Å². The van der Waals surface area contributed by atoms with E-state index in [2.05, 4.69) is 0 Å². The van der Waals surface area contributed by atoms with Crippen LogP contribution >= 0.6 is 0 Å². The topological polar surface area (TPSA) is 218 Å². The molecule has 14 heteroatoms. The van der Waals surface area contributed by atoms with Crippen LogP contribution in [0, 0.1) is 0 Å². The fourth-order valence-corrected chi connectivity index (χ4v) is 4.87. The predicted octanol–water partition coefficient (Wildman–Crippen LogP) is -0.795. The molecule has 0 saturated carbocycles. The lowest BCUT2D eigenvalue weighted by atomic mass is 9.98. The molecule has 10 atom stereocenters. The van der Waals surface area contributed by atoms with Crippen LogP contribution in [-0.2, 0) is 14.2 Å². The number of hydrogen-bond acceptors (Lipinski definition) is 14. The number of fused-ring (bicyclic) bond motifs is 1. The van der Waals surface area contributed by atoms with Crippen molar-refractivity contribution in [2.24, 2.45) is 0 Å². The molecule has 42 heavy (non-hydrogen) atoms. The maximum absolute atomic E-state index is 13.7. The second-order valence-electron chi connectivity index (χ2n) is 10.1. The molecule has 2 fully saturated rings. The number of phenolic OH excluding ortho intramolecular Hbond substituents is 1. The second-order valence-corrected chi connectivity index (χ2v) is 10.1. The first kappa shape index (κ1) is 30.2. The first-order valence-electron chi connectivity index (χ1n) is 13.1. The van der Waals surface area contributed by atoms with Crippen LogP contribution in [-0.4, -0.2) is 111 Å². The van der Waals surface area contributed by atoms with Gasteiger partial charge < -0.3 is 63.8 Å². The lowest BCUT2D eigenvalue weighted by Gasteiger charge is -2.42. The molecule has 3 aromatic rings. The van der Waals surface area contributed by atoms with Crippen LogP contribution in [0.3, 0.4) is 0 Å². The predicted molar refractivity (Wildman–Crippen MR) is 142 cm³/mol. The molecule has 1 aromatic heterocycles. The van der Waals surface area contributed by atoms with Crippen molar-refractivity contribution < 1.29 is 63.8 Å². The Bertz CT molecular complexity index is 1440. The van der Waals surface area contributed by atoms with Crippen molar-refractivity contribution in [3.8, 4) is 28.6 Å². The minimum absolute atomic E-state index is 0.0116. The zero-order valence-corrected chi connectivity index (χ0v) is 22.5. The van der Waals surface area contributed by atoms with Crippen LogP contribution in [0.1, 0.15) is 6.92 Å². The van der Waals surface area contributed by atoms with Gasteiger partial charge in [0.25, 0.3) is 0 Å². The highest BCUT2D eigenvalue weighted by atomic mass is 16.7. The van der Waals surface area contributed by atoms with Crippen molar-refractivity contribution in [3.63, 3.8) is 0 Å². The van der Waals surface area contributed by atoms with Gasteiger partial charge in [0.15, 0.2) is 12.1 Å². The number of benzene rings is 2. The normalized spacial score (nSPS) is 33.4. The molecular formula is C28H32O14. The molecule has 228 valence electrons. The lowest BCUT2D eigenvalue weighted by Crippen LogP contribution is -2.61. The maximum atomic E-state index is 13.7. The average Bonchev–Trinajstić information content (AvgIpc) is 2.99. The summed E-state index contributed by atoms with van der Waals surface area (Å²) in [4.78, 5) is 13.7. The number of phenols is 1. The zero-order chi connectivity index (χ0) is 30.3. The fourth-order valence-electron chi connectivity index (χ4n) is 4.87. The van der Waals surface area contributed by atoms with Crippen molar-refractivity contribution >= 4 is 11.0 Å². The average molecular weight is 593 g/mol. The summed E-state index contributed by atoms with van der Waals surface area (Å²) >= 11 is 0. The summed E-state index contributed by atoms with van der Waals surface area (Å²) in [5.41, 5.74) is -0.430. The monoisotopic (exact) mass is 592 g/mol. The zero-order valence-electron chi connectivity index (χ0n) is 22.5. The molecule has 2 saturated heterocycles. The van der Waals surface area contributed by atoms with Gasteiger partial charge in [0.2, 0.25) is 17.5 Å². The third kappa shape index (κ3) is 5.56. The molecule has 14 nitrogen and oxygen atoms in total. The maximum Gasteiger partial charge on any atom is 0.239 e. The van der Waals surface area contributed by atoms with Gasteiger partial charge in [-0.2, -0.15) is 0 Å². The Morgan fingerprint density at radius 3 is 2.19 bits per heavy atom. The van der Waals surface area contributed by atoms with E-state index in [1.54, 1.807) is 30.3 Å². The summed E-state index contributed by atoms with van der Waals surface area (Å²) in [6, 6.07) is 11.0. The van der Waals surface area contributed by atoms with Crippen LogP contribution in [0.15, 0.2) is 51.7 Å². The molecule has 0 bridgehead atoms. The van der Waals surface area contributed by atoms with Crippen molar-refractivity contribution in [2.75, 3.05) is 13.7 Å². The number of methoxy groups -OCH3 is 1. The van der Waals surface area contributed by atoms with Gasteiger partial charge >= 0.3 is 0 Å². The molecule has 2 aliphatic rings. The highest BCUT2D eigenvalue weighted by Crippen LogP contribution is 2.37. The van der Waals surface area contributed by atoms with E-state index in [0.717, 1.165) is 0 Å². The number of ether oxygens (including phenoxy) is 5. The van der Waals surface area contributed by atoms with E-state index in [0.29, 0.717) is 5.56 Å². The van der Waals surface area contributed by atoms with Gasteiger partial charge in [-0.3, -0.25) is 4.79 Å². The second kappa shape index (κ2) is 12.1. The standard InChI is InChI=1S/C28H32O14/c1-11-18(30)21(33)23(35)27(39-11)38-10-16-19(31)22(34)24(36)28(41-16)42-26-20(32)17-14(29)8-13(37-2)9-15(17)40-25(26)12-6-4-3-5-7-12/h3-9,11,16,18-19,21-24,27-31,33-36H,10H2,1-2H3/t11-,16+,18-,19+,21+,22-,23+,24+,27+,28-/m0/s1. The van der Waals surface area contributed by atoms with Gasteiger partial charge in [-0.25, -0.2) is 0 Å². The Hall–Kier alpha value is -3.31. The minimum atomic E-state index is -1.85. The quantitative estimate of drug-likeness (QED) is 0.179. The fraction of sp³-hybridized carbons (Fsp3) is 0.464. The number of aliphatic hydroxyl groups is 6. The molecular weight excluding hydrogens is 560 g/mol. The van der Waals surface area contributed by atoms with E-state index in [1.165, 1.54) is 26.2 Å². The van der Waals surface area contributed by atoms with Crippen molar-refractivity contribution in [2.45, 2.75) is 68.3 Å². The highest BCUT2D eigenvalue weighted by molar-refractivity contribution is 5.88. The van der Waals surface area contributed by atoms with Gasteiger partial charge in [0.05, 0.1) is 19.8 Å². The third-order valence-electron chi connectivity index (χ3n) is 7.31. The number of rotatable bonds is 7. The van der Waals surface area contributed by atoms with Gasteiger partial charge in [-0.05, 0) is 6.92 Å². The number of aromatic hydroxyl groups is 1. The lowest BCUT2D eigenvalue weighted by molar-refractivity contribution is -0.318. The first-order valence-corrected chi connectivity index (χ1v) is 13.1. The Morgan fingerprint density at radius 2 is 1.50 bits per heavy atom. The molecule has 2 aliphatic heterocycles. The highest BCUT2D eigenvalue weighted by Gasteiger charge is 2.47. The summed E-state index contributed by atoms with van der Waals surface area (Å²) in [5, 5.41) is 72.3. The SMILES string of the molecule is COc1cc(O)c2c(=O)c(O[C@@H]3O[C@H](CO[C@@H]4O[C@@H](C)[C@H](O)[C@@H](O)[C@H]4O)[C@@H](O)[C@H](O)[C@H]3O)c(-c3ccccc3)oc2c1. The van der Waals surface area contributed by atoms with Crippen LogP contribution in [0.5, 0.6) is 17.2 Å².